The zero-order chi connectivity index (χ0) is 18.7. The molecule has 1 aliphatic heterocycles. The predicted molar refractivity (Wildman–Crippen MR) is 98.2 cm³/mol. The van der Waals surface area contributed by atoms with Gasteiger partial charge in [-0.05, 0) is 30.7 Å². The number of thiocarbonyl (C=S) groups is 1. The van der Waals surface area contributed by atoms with E-state index in [1.54, 1.807) is 18.2 Å². The standard InChI is InChI=1S/C16H17NO6S2/c1-8(15(19)20)17-14(18)12(25-16(17)24)7-9-5-10(21-2)13(23-4)11(6-9)22-3/h5-8H,1-4H3,(H,19,20)/t8-/m1/s1. The van der Waals surface area contributed by atoms with Crippen LogP contribution in [0, 0.1) is 0 Å². The van der Waals surface area contributed by atoms with Gasteiger partial charge in [-0.1, -0.05) is 24.0 Å². The lowest BCUT2D eigenvalue weighted by Crippen LogP contribution is -2.41. The Morgan fingerprint density at radius 1 is 1.24 bits per heavy atom. The monoisotopic (exact) mass is 383 g/mol. The highest BCUT2D eigenvalue weighted by molar-refractivity contribution is 8.26. The Hall–Kier alpha value is -2.26. The number of hydrogen-bond donors (Lipinski definition) is 1. The number of carbonyl (C=O) groups is 2. The summed E-state index contributed by atoms with van der Waals surface area (Å²) in [6, 6.07) is 2.35. The molecule has 0 aromatic heterocycles. The quantitative estimate of drug-likeness (QED) is 0.592. The van der Waals surface area contributed by atoms with Gasteiger partial charge in [-0.2, -0.15) is 0 Å². The van der Waals surface area contributed by atoms with Crippen LogP contribution in [0.1, 0.15) is 12.5 Å². The first kappa shape index (κ1) is 19.1. The number of hydrogen-bond acceptors (Lipinski definition) is 7. The summed E-state index contributed by atoms with van der Waals surface area (Å²) >= 11 is 6.19. The average molecular weight is 383 g/mol. The summed E-state index contributed by atoms with van der Waals surface area (Å²) in [5, 5.41) is 9.12. The number of amides is 1. The van der Waals surface area contributed by atoms with Crippen molar-refractivity contribution in [3.05, 3.63) is 22.6 Å². The smallest absolute Gasteiger partial charge is 0.326 e. The summed E-state index contributed by atoms with van der Waals surface area (Å²) < 4.78 is 16.0. The van der Waals surface area contributed by atoms with E-state index in [0.29, 0.717) is 27.7 Å². The molecule has 0 unspecified atom stereocenters. The molecule has 0 saturated carbocycles. The minimum Gasteiger partial charge on any atom is -0.493 e. The van der Waals surface area contributed by atoms with Gasteiger partial charge in [-0.25, -0.2) is 4.79 Å². The van der Waals surface area contributed by atoms with Gasteiger partial charge in [0.05, 0.1) is 26.2 Å². The number of benzene rings is 1. The highest BCUT2D eigenvalue weighted by atomic mass is 32.2. The highest BCUT2D eigenvalue weighted by Crippen LogP contribution is 2.40. The number of ether oxygens (including phenoxy) is 3. The molecule has 1 aliphatic rings. The lowest BCUT2D eigenvalue weighted by atomic mass is 10.1. The average Bonchev–Trinajstić information content (AvgIpc) is 2.86. The van der Waals surface area contributed by atoms with Crippen LogP contribution in [-0.4, -0.2) is 53.6 Å². The van der Waals surface area contributed by atoms with Crippen molar-refractivity contribution in [2.24, 2.45) is 0 Å². The molecule has 25 heavy (non-hydrogen) atoms. The third-order valence-corrected chi connectivity index (χ3v) is 4.88. The first-order valence-electron chi connectivity index (χ1n) is 7.13. The van der Waals surface area contributed by atoms with E-state index < -0.39 is 17.9 Å². The van der Waals surface area contributed by atoms with E-state index in [0.717, 1.165) is 16.7 Å². The van der Waals surface area contributed by atoms with E-state index >= 15 is 0 Å². The molecule has 0 radical (unpaired) electrons. The molecule has 1 aromatic rings. The normalized spacial score (nSPS) is 17.0. The van der Waals surface area contributed by atoms with Crippen molar-refractivity contribution in [1.82, 2.24) is 4.90 Å². The fourth-order valence-electron chi connectivity index (χ4n) is 2.26. The number of aliphatic carboxylic acids is 1. The molecule has 2 rings (SSSR count). The van der Waals surface area contributed by atoms with Crippen LogP contribution in [0.2, 0.25) is 0 Å². The number of thioether (sulfide) groups is 1. The zero-order valence-corrected chi connectivity index (χ0v) is 15.7. The minimum atomic E-state index is -1.12. The van der Waals surface area contributed by atoms with E-state index in [-0.39, 0.29) is 4.32 Å². The number of nitrogens with zero attached hydrogens (tertiary/aromatic N) is 1. The maximum atomic E-state index is 12.5. The van der Waals surface area contributed by atoms with E-state index in [4.69, 9.17) is 31.5 Å². The Kier molecular flexibility index (Phi) is 5.91. The van der Waals surface area contributed by atoms with Gasteiger partial charge in [0.25, 0.3) is 5.91 Å². The van der Waals surface area contributed by atoms with Crippen LogP contribution in [-0.2, 0) is 9.59 Å². The van der Waals surface area contributed by atoms with Crippen molar-refractivity contribution in [3.63, 3.8) is 0 Å². The van der Waals surface area contributed by atoms with E-state index in [1.165, 1.54) is 28.3 Å². The molecule has 1 amide bonds. The molecule has 1 atom stereocenters. The maximum absolute atomic E-state index is 12.5. The van der Waals surface area contributed by atoms with Gasteiger partial charge in [0.1, 0.15) is 10.4 Å². The topological polar surface area (TPSA) is 85.3 Å². The minimum absolute atomic E-state index is 0.207. The van der Waals surface area contributed by atoms with E-state index in [2.05, 4.69) is 0 Å². The number of rotatable bonds is 6. The first-order valence-corrected chi connectivity index (χ1v) is 8.36. The van der Waals surface area contributed by atoms with Crippen LogP contribution < -0.4 is 14.2 Å². The summed E-state index contributed by atoms with van der Waals surface area (Å²) in [4.78, 5) is 25.1. The summed E-state index contributed by atoms with van der Waals surface area (Å²) in [7, 11) is 4.49. The molecular weight excluding hydrogens is 366 g/mol. The Labute approximate surface area is 154 Å². The van der Waals surface area contributed by atoms with Gasteiger partial charge in [0.2, 0.25) is 5.75 Å². The summed E-state index contributed by atoms with van der Waals surface area (Å²) in [6.45, 7) is 1.41. The molecule has 9 heteroatoms. The molecule has 1 heterocycles. The zero-order valence-electron chi connectivity index (χ0n) is 14.1. The number of carboxylic acid groups (broad SMARTS) is 1. The lowest BCUT2D eigenvalue weighted by Gasteiger charge is -2.18. The van der Waals surface area contributed by atoms with Crippen molar-refractivity contribution in [2.45, 2.75) is 13.0 Å². The molecule has 1 N–H and O–H groups in total. The summed E-state index contributed by atoms with van der Waals surface area (Å²) in [5.74, 6) is -0.233. The molecule has 134 valence electrons. The number of methoxy groups -OCH3 is 3. The Morgan fingerprint density at radius 3 is 2.24 bits per heavy atom. The molecule has 1 saturated heterocycles. The molecule has 1 aromatic carbocycles. The highest BCUT2D eigenvalue weighted by Gasteiger charge is 2.38. The van der Waals surface area contributed by atoms with Gasteiger partial charge < -0.3 is 19.3 Å². The van der Waals surface area contributed by atoms with Crippen LogP contribution in [0.25, 0.3) is 6.08 Å². The van der Waals surface area contributed by atoms with Gasteiger partial charge in [-0.3, -0.25) is 9.69 Å². The van der Waals surface area contributed by atoms with Crippen LogP contribution in [0.15, 0.2) is 17.0 Å². The summed E-state index contributed by atoms with van der Waals surface area (Å²) in [5.41, 5.74) is 0.637. The second-order valence-electron chi connectivity index (χ2n) is 5.02. The van der Waals surface area contributed by atoms with Crippen LogP contribution in [0.5, 0.6) is 17.2 Å². The van der Waals surface area contributed by atoms with Crippen molar-refractivity contribution < 1.29 is 28.9 Å². The molecule has 1 fully saturated rings. The fraction of sp³-hybridized carbons (Fsp3) is 0.312. The van der Waals surface area contributed by atoms with Crippen LogP contribution in [0.4, 0.5) is 0 Å². The molecule has 0 spiro atoms. The Morgan fingerprint density at radius 2 is 1.80 bits per heavy atom. The second kappa shape index (κ2) is 7.75. The first-order chi connectivity index (χ1) is 11.8. The third-order valence-electron chi connectivity index (χ3n) is 3.55. The summed E-state index contributed by atoms with van der Waals surface area (Å²) in [6.07, 6.45) is 1.61. The van der Waals surface area contributed by atoms with Gasteiger partial charge >= 0.3 is 5.97 Å². The maximum Gasteiger partial charge on any atom is 0.326 e. The van der Waals surface area contributed by atoms with Crippen molar-refractivity contribution >= 4 is 46.3 Å². The fourth-order valence-corrected chi connectivity index (χ4v) is 3.68. The molecule has 0 aliphatic carbocycles. The lowest BCUT2D eigenvalue weighted by molar-refractivity contribution is -0.144. The third kappa shape index (κ3) is 3.72. The SMILES string of the molecule is COc1cc(C=C2SC(=S)N([C@H](C)C(=O)O)C2=O)cc(OC)c1OC. The number of carboxylic acids is 1. The van der Waals surface area contributed by atoms with E-state index in [9.17, 15) is 9.59 Å². The van der Waals surface area contributed by atoms with Gasteiger partial charge in [-0.15, -0.1) is 0 Å². The second-order valence-corrected chi connectivity index (χ2v) is 6.70. The molecular formula is C16H17NO6S2. The van der Waals surface area contributed by atoms with Gasteiger partial charge in [0, 0.05) is 0 Å². The molecule has 7 nitrogen and oxygen atoms in total. The number of carbonyl (C=O) groups excluding carboxylic acids is 1. The Balaban J connectivity index is 2.43. The predicted octanol–water partition coefficient (Wildman–Crippen LogP) is 2.39. The van der Waals surface area contributed by atoms with Crippen molar-refractivity contribution in [1.29, 1.82) is 0 Å². The van der Waals surface area contributed by atoms with E-state index in [1.807, 2.05) is 0 Å². The van der Waals surface area contributed by atoms with Crippen LogP contribution >= 0.6 is 24.0 Å². The Bertz CT molecular complexity index is 736. The molecule has 0 bridgehead atoms. The van der Waals surface area contributed by atoms with Crippen molar-refractivity contribution in [3.8, 4) is 17.2 Å². The van der Waals surface area contributed by atoms with Crippen molar-refractivity contribution in [2.75, 3.05) is 21.3 Å². The van der Waals surface area contributed by atoms with Gasteiger partial charge in [0.15, 0.2) is 11.5 Å². The largest absolute Gasteiger partial charge is 0.493 e. The van der Waals surface area contributed by atoms with Crippen LogP contribution in [0.3, 0.4) is 0 Å².